The Morgan fingerprint density at radius 2 is 2.16 bits per heavy atom. The van der Waals surface area contributed by atoms with Crippen LogP contribution in [-0.2, 0) is 11.2 Å². The van der Waals surface area contributed by atoms with Crippen LogP contribution in [0.1, 0.15) is 5.56 Å². The van der Waals surface area contributed by atoms with Crippen molar-refractivity contribution in [1.29, 1.82) is 0 Å². The molecule has 3 nitrogen and oxygen atoms in total. The van der Waals surface area contributed by atoms with Gasteiger partial charge in [0.25, 0.3) is 0 Å². The summed E-state index contributed by atoms with van der Waals surface area (Å²) >= 11 is 8.83. The van der Waals surface area contributed by atoms with Gasteiger partial charge < -0.3 is 9.84 Å². The lowest BCUT2D eigenvalue weighted by molar-refractivity contribution is -0.212. The molecule has 1 aliphatic heterocycles. The Balaban J connectivity index is 2.52. The third-order valence-corrected chi connectivity index (χ3v) is 3.77. The summed E-state index contributed by atoms with van der Waals surface area (Å²) in [5.74, 6) is -1.77. The fourth-order valence-electron chi connectivity index (χ4n) is 1.91. The number of hydrogen-bond acceptors (Lipinski definition) is 2. The van der Waals surface area contributed by atoms with Crippen LogP contribution >= 0.6 is 27.5 Å². The van der Waals surface area contributed by atoms with Crippen molar-refractivity contribution in [2.24, 2.45) is 0 Å². The number of ether oxygens (including phenoxy) is 1. The first-order valence-corrected chi connectivity index (χ1v) is 6.26. The predicted molar refractivity (Wildman–Crippen MR) is 64.5 cm³/mol. The summed E-state index contributed by atoms with van der Waals surface area (Å²) in [5.41, 5.74) is 0.312. The second-order valence-corrected chi connectivity index (χ2v) is 5.73. The lowest BCUT2D eigenvalue weighted by atomic mass is 9.89. The minimum absolute atomic E-state index is 0.0111. The van der Waals surface area contributed by atoms with Crippen molar-refractivity contribution < 1.29 is 27.8 Å². The number of halogens is 5. The minimum Gasteiger partial charge on any atom is -0.480 e. The third kappa shape index (κ3) is 2.53. The SMILES string of the molecule is O=C(O)C1(Cl)Cc2cc(Br)ccc2OC1C(F)(F)F. The van der Waals surface area contributed by atoms with Gasteiger partial charge in [-0.1, -0.05) is 15.9 Å². The maximum absolute atomic E-state index is 12.9. The first-order chi connectivity index (χ1) is 8.64. The second-order valence-electron chi connectivity index (χ2n) is 4.14. The van der Waals surface area contributed by atoms with Crippen LogP contribution in [-0.4, -0.2) is 28.2 Å². The van der Waals surface area contributed by atoms with Crippen LogP contribution in [0.4, 0.5) is 13.2 Å². The number of carboxylic acid groups (broad SMARTS) is 1. The van der Waals surface area contributed by atoms with E-state index in [4.69, 9.17) is 21.4 Å². The highest BCUT2D eigenvalue weighted by Gasteiger charge is 2.61. The lowest BCUT2D eigenvalue weighted by Gasteiger charge is -2.37. The Morgan fingerprint density at radius 3 is 2.68 bits per heavy atom. The van der Waals surface area contributed by atoms with Gasteiger partial charge in [-0.25, -0.2) is 0 Å². The molecule has 0 spiro atoms. The number of carbonyl (C=O) groups is 1. The Bertz CT molecular complexity index is 534. The van der Waals surface area contributed by atoms with Gasteiger partial charge in [-0.2, -0.15) is 13.2 Å². The number of fused-ring (bicyclic) bond motifs is 1. The average molecular weight is 360 g/mol. The first kappa shape index (κ1) is 14.5. The monoisotopic (exact) mass is 358 g/mol. The van der Waals surface area contributed by atoms with Crippen LogP contribution in [0.25, 0.3) is 0 Å². The van der Waals surface area contributed by atoms with Crippen molar-refractivity contribution in [2.45, 2.75) is 23.6 Å². The summed E-state index contributed by atoms with van der Waals surface area (Å²) in [6, 6.07) is 4.34. The van der Waals surface area contributed by atoms with Crippen molar-refractivity contribution in [3.8, 4) is 5.75 Å². The standard InChI is InChI=1S/C11H7BrClF3O3/c12-6-1-2-7-5(3-6)4-10(13,9(17)18)8(19-7)11(14,15)16/h1-3,8H,4H2,(H,17,18). The average Bonchev–Trinajstić information content (AvgIpc) is 2.26. The molecule has 0 aromatic heterocycles. The molecule has 0 radical (unpaired) electrons. The molecule has 0 aliphatic carbocycles. The Kier molecular flexibility index (Phi) is 3.47. The number of benzene rings is 1. The number of rotatable bonds is 1. The van der Waals surface area contributed by atoms with Gasteiger partial charge in [0.2, 0.25) is 6.10 Å². The number of carboxylic acids is 1. The molecular weight excluding hydrogens is 352 g/mol. The maximum Gasteiger partial charge on any atom is 0.427 e. The van der Waals surface area contributed by atoms with Crippen molar-refractivity contribution in [3.63, 3.8) is 0 Å². The van der Waals surface area contributed by atoms with Crippen LogP contribution in [0, 0.1) is 0 Å². The van der Waals surface area contributed by atoms with Gasteiger partial charge in [-0.15, -0.1) is 11.6 Å². The van der Waals surface area contributed by atoms with E-state index in [1.165, 1.54) is 18.2 Å². The molecule has 0 amide bonds. The first-order valence-electron chi connectivity index (χ1n) is 5.08. The van der Waals surface area contributed by atoms with Gasteiger partial charge >= 0.3 is 12.1 Å². The van der Waals surface area contributed by atoms with E-state index in [2.05, 4.69) is 15.9 Å². The van der Waals surface area contributed by atoms with E-state index in [9.17, 15) is 18.0 Å². The zero-order valence-electron chi connectivity index (χ0n) is 9.17. The normalized spacial score (nSPS) is 26.5. The van der Waals surface area contributed by atoms with E-state index >= 15 is 0 Å². The van der Waals surface area contributed by atoms with E-state index in [-0.39, 0.29) is 5.75 Å². The molecule has 0 fully saturated rings. The van der Waals surface area contributed by atoms with E-state index in [1.54, 1.807) is 0 Å². The van der Waals surface area contributed by atoms with E-state index in [1.807, 2.05) is 0 Å². The minimum atomic E-state index is -4.87. The van der Waals surface area contributed by atoms with Gasteiger partial charge in [-0.3, -0.25) is 4.79 Å². The van der Waals surface area contributed by atoms with Gasteiger partial charge in [0.1, 0.15) is 5.75 Å². The van der Waals surface area contributed by atoms with Crippen LogP contribution in [0.3, 0.4) is 0 Å². The molecule has 0 saturated heterocycles. The third-order valence-electron chi connectivity index (χ3n) is 2.78. The van der Waals surface area contributed by atoms with E-state index in [0.717, 1.165) is 0 Å². The van der Waals surface area contributed by atoms with Crippen molar-refractivity contribution >= 4 is 33.5 Å². The Morgan fingerprint density at radius 1 is 1.53 bits per heavy atom. The molecule has 1 heterocycles. The summed E-state index contributed by atoms with van der Waals surface area (Å²) in [6.45, 7) is 0. The topological polar surface area (TPSA) is 46.5 Å². The van der Waals surface area contributed by atoms with Gasteiger partial charge in [0, 0.05) is 10.9 Å². The smallest absolute Gasteiger partial charge is 0.427 e. The highest BCUT2D eigenvalue weighted by Crippen LogP contribution is 2.44. The van der Waals surface area contributed by atoms with Crippen molar-refractivity contribution in [3.05, 3.63) is 28.2 Å². The maximum atomic E-state index is 12.9. The molecule has 0 saturated carbocycles. The number of hydrogen-bond donors (Lipinski definition) is 1. The van der Waals surface area contributed by atoms with E-state index in [0.29, 0.717) is 10.0 Å². The molecule has 104 valence electrons. The molecule has 1 aromatic rings. The molecule has 1 aromatic carbocycles. The van der Waals surface area contributed by atoms with Crippen LogP contribution in [0.5, 0.6) is 5.75 Å². The summed E-state index contributed by atoms with van der Waals surface area (Å²) in [6.07, 6.45) is -7.93. The van der Waals surface area contributed by atoms with Crippen LogP contribution < -0.4 is 4.74 Å². The highest BCUT2D eigenvalue weighted by atomic mass is 79.9. The lowest BCUT2D eigenvalue weighted by Crippen LogP contribution is -2.58. The summed E-state index contributed by atoms with van der Waals surface area (Å²) in [5, 5.41) is 9.00. The fraction of sp³-hybridized carbons (Fsp3) is 0.364. The molecule has 2 atom stereocenters. The zero-order valence-corrected chi connectivity index (χ0v) is 11.5. The van der Waals surface area contributed by atoms with Gasteiger partial charge in [0.05, 0.1) is 0 Å². The molecular formula is C11H7BrClF3O3. The number of aliphatic carboxylic acids is 1. The Hall–Kier alpha value is -0.950. The molecule has 2 rings (SSSR count). The van der Waals surface area contributed by atoms with Crippen molar-refractivity contribution in [2.75, 3.05) is 0 Å². The van der Waals surface area contributed by atoms with Gasteiger partial charge in [-0.05, 0) is 23.8 Å². The Labute approximate surface area is 119 Å². The van der Waals surface area contributed by atoms with E-state index < -0.39 is 29.5 Å². The molecule has 8 heteroatoms. The number of alkyl halides is 4. The molecule has 1 aliphatic rings. The summed E-state index contributed by atoms with van der Waals surface area (Å²) in [7, 11) is 0. The highest BCUT2D eigenvalue weighted by molar-refractivity contribution is 9.10. The van der Waals surface area contributed by atoms with Crippen molar-refractivity contribution in [1.82, 2.24) is 0 Å². The summed E-state index contributed by atoms with van der Waals surface area (Å²) < 4.78 is 44.0. The largest absolute Gasteiger partial charge is 0.480 e. The van der Waals surface area contributed by atoms with Crippen LogP contribution in [0.15, 0.2) is 22.7 Å². The van der Waals surface area contributed by atoms with Gasteiger partial charge in [0.15, 0.2) is 4.87 Å². The molecule has 1 N–H and O–H groups in total. The van der Waals surface area contributed by atoms with Crippen LogP contribution in [0.2, 0.25) is 0 Å². The second kappa shape index (κ2) is 4.56. The molecule has 2 unspecified atom stereocenters. The summed E-state index contributed by atoms with van der Waals surface area (Å²) in [4.78, 5) is 8.54. The zero-order chi connectivity index (χ0) is 14.4. The molecule has 0 bridgehead atoms. The quantitative estimate of drug-likeness (QED) is 0.782. The predicted octanol–water partition coefficient (Wildman–Crippen LogP) is 3.38. The molecule has 19 heavy (non-hydrogen) atoms. The fourth-order valence-corrected chi connectivity index (χ4v) is 2.63.